The molecule has 0 bridgehead atoms. The van der Waals surface area contributed by atoms with Gasteiger partial charge in [0.25, 0.3) is 5.91 Å². The zero-order valence-electron chi connectivity index (χ0n) is 55.9. The van der Waals surface area contributed by atoms with Crippen molar-refractivity contribution in [3.8, 4) is 0 Å². The molecule has 28 nitrogen and oxygen atoms in total. The van der Waals surface area contributed by atoms with Crippen molar-refractivity contribution in [2.45, 2.75) is 231 Å². The first-order chi connectivity index (χ1) is 44.2. The van der Waals surface area contributed by atoms with Gasteiger partial charge in [-0.15, -0.1) is 12.4 Å². The smallest absolute Gasteiger partial charge is 0.332 e. The number of nitro groups is 2. The SMILES string of the molecule is C=O.CC(=O)C1(NC(C)C)CCC1.CC(C)N1c2nc(Cl)ncc2CC(=O)C12CCC2.CC(C)N1c2nc(Cl)ncc2N(C)C(=O)C12CCC2.CCOC(=O)C1(N(c2nc(Cl)ncc2[N+](=O)[O-])C(C)C)CCC1.CCOC(=O)C1(N)CCC1.Cl.O=[N+]([O-])c1cnc(Cl)nc1Cl.[Fe]. The van der Waals surface area contributed by atoms with Gasteiger partial charge in [0.05, 0.1) is 34.8 Å². The van der Waals surface area contributed by atoms with Crippen molar-refractivity contribution >= 4 is 141 Å². The Hall–Kier alpha value is -5.88. The van der Waals surface area contributed by atoms with Crippen LogP contribution < -0.4 is 30.7 Å². The Kier molecular flexibility index (Phi) is 31.9. The molecule has 5 fully saturated rings. The molecule has 4 aromatic rings. The van der Waals surface area contributed by atoms with Crippen LogP contribution in [-0.2, 0) is 61.7 Å². The van der Waals surface area contributed by atoms with Gasteiger partial charge in [-0.1, -0.05) is 11.6 Å². The molecule has 7 aliphatic rings. The molecule has 35 heteroatoms. The maximum absolute atomic E-state index is 12.7. The van der Waals surface area contributed by atoms with Gasteiger partial charge in [0.2, 0.25) is 32.1 Å². The second kappa shape index (κ2) is 36.3. The summed E-state index contributed by atoms with van der Waals surface area (Å²) < 4.78 is 9.99. The Morgan fingerprint density at radius 2 is 1.09 bits per heavy atom. The molecular weight excluding hydrogens is 1420 g/mol. The topological polar surface area (TPSA) is 361 Å². The number of fused-ring (bicyclic) bond motifs is 2. The molecule has 0 atom stereocenters. The summed E-state index contributed by atoms with van der Waals surface area (Å²) in [5.41, 5.74) is 4.21. The number of ketones is 2. The quantitative estimate of drug-likeness (QED) is 0.0296. The minimum atomic E-state index is -0.938. The summed E-state index contributed by atoms with van der Waals surface area (Å²) in [6, 6.07) is 0.644. The van der Waals surface area contributed by atoms with Crippen LogP contribution in [0.5, 0.6) is 0 Å². The van der Waals surface area contributed by atoms with Crippen molar-refractivity contribution in [1.82, 2.24) is 45.2 Å². The first-order valence-corrected chi connectivity index (χ1v) is 33.0. The van der Waals surface area contributed by atoms with Crippen molar-refractivity contribution in [3.05, 3.63) is 76.9 Å². The molecule has 5 saturated carbocycles. The maximum Gasteiger partial charge on any atom is 0.332 e. The predicted molar refractivity (Wildman–Crippen MR) is 365 cm³/mol. The van der Waals surface area contributed by atoms with Gasteiger partial charge in [0, 0.05) is 66.5 Å². The van der Waals surface area contributed by atoms with Crippen LogP contribution in [-0.4, -0.2) is 158 Å². The van der Waals surface area contributed by atoms with Crippen molar-refractivity contribution < 1.29 is 65.2 Å². The van der Waals surface area contributed by atoms with Crippen LogP contribution in [0.3, 0.4) is 0 Å². The standard InChI is InChI=1S/C14H19ClN4O4.C13H17ClN4O.C13H16ClN3O.C9H17NO.C7H13NO2.C4HCl2N3O2.CH2O.ClH.Fe/c1-4-23-12(20)14(6-5-7-14)18(9(2)3)11-10(19(21)22)8-16-13(15)17-11;1-8(2)18-10-9(7-15-12(14)16-10)17(3)11(19)13(18)5-4-6-13;1-8(2)17-11-9(7-15-12(14)16-11)6-10(18)13(17)4-3-5-13;1-7(2)10-9(8(3)11)5-4-6-9;1-2-10-6(9)7(8)4-3-5-7;5-3-2(9(10)11)1-7-4(6)8-3;1-2;;/h8-9H,4-7H2,1-3H3;7-8H,4-6H2,1-3H3;7-8H,3-6H2,1-2H3;7,10H,4-6H2,1-3H3;2-5,8H2,1H3;1H;1H2;1H;. The first kappa shape index (κ1) is 84.3. The third-order valence-corrected chi connectivity index (χ3v) is 18.5. The van der Waals surface area contributed by atoms with Gasteiger partial charge in [0.1, 0.15) is 58.6 Å². The number of halogens is 6. The fraction of sp³-hybridized carbons (Fsp3) is 0.639. The molecule has 6 heterocycles. The van der Waals surface area contributed by atoms with E-state index >= 15 is 0 Å². The number of esters is 2. The Bertz CT molecular complexity index is 3380. The van der Waals surface area contributed by atoms with Gasteiger partial charge >= 0.3 is 23.3 Å². The normalized spacial score (nSPS) is 17.7. The minimum absolute atomic E-state index is 0. The summed E-state index contributed by atoms with van der Waals surface area (Å²) >= 11 is 28.3. The van der Waals surface area contributed by atoms with Crippen LogP contribution >= 0.6 is 70.4 Å². The molecule has 0 saturated heterocycles. The van der Waals surface area contributed by atoms with Crippen LogP contribution in [0.15, 0.2) is 24.8 Å². The molecule has 0 unspecified atom stereocenters. The number of rotatable bonds is 14. The molecule has 96 heavy (non-hydrogen) atoms. The van der Waals surface area contributed by atoms with Crippen LogP contribution in [0.4, 0.5) is 34.5 Å². The van der Waals surface area contributed by atoms with E-state index in [1.165, 1.54) is 6.42 Å². The van der Waals surface area contributed by atoms with Crippen LogP contribution in [0.2, 0.25) is 26.3 Å². The number of Topliss-reactive ketones (excluding diaryl/α,β-unsaturated/α-hetero) is 2. The predicted octanol–water partition coefficient (Wildman–Crippen LogP) is 11.2. The van der Waals surface area contributed by atoms with E-state index in [1.807, 2.05) is 20.6 Å². The minimum Gasteiger partial charge on any atom is -0.465 e. The summed E-state index contributed by atoms with van der Waals surface area (Å²) in [4.78, 5) is 127. The average molecular weight is 1500 g/mol. The number of ether oxygens (including phenoxy) is 2. The number of aromatic nitrogens is 8. The summed E-state index contributed by atoms with van der Waals surface area (Å²) in [5, 5.41) is 24.8. The van der Waals surface area contributed by atoms with Gasteiger partial charge in [-0.05, 0) is 219 Å². The first-order valence-electron chi connectivity index (χ1n) is 31.2. The molecule has 2 spiro atoms. The Morgan fingerprint density at radius 1 is 0.656 bits per heavy atom. The van der Waals surface area contributed by atoms with Gasteiger partial charge in [0.15, 0.2) is 11.6 Å². The molecule has 0 aromatic carbocycles. The van der Waals surface area contributed by atoms with E-state index in [2.05, 4.69) is 96.5 Å². The van der Waals surface area contributed by atoms with Crippen molar-refractivity contribution in [3.63, 3.8) is 0 Å². The van der Waals surface area contributed by atoms with E-state index in [-0.39, 0.29) is 127 Å². The summed E-state index contributed by atoms with van der Waals surface area (Å²) in [6.45, 7) is 24.1. The summed E-state index contributed by atoms with van der Waals surface area (Å²) in [7, 11) is 1.79. The number of nitrogens with one attached hydrogen (secondary N) is 1. The van der Waals surface area contributed by atoms with Crippen molar-refractivity contribution in [1.29, 1.82) is 0 Å². The van der Waals surface area contributed by atoms with Crippen LogP contribution in [0.1, 0.15) is 178 Å². The third kappa shape index (κ3) is 18.7. The average Bonchev–Trinajstić information content (AvgIpc) is 0.728. The van der Waals surface area contributed by atoms with Gasteiger partial charge < -0.3 is 44.9 Å². The maximum atomic E-state index is 12.7. The Balaban J connectivity index is 0.000000305. The molecule has 2 aliphatic heterocycles. The number of hydrogen-bond donors (Lipinski definition) is 2. The number of anilines is 4. The second-order valence-corrected chi connectivity index (χ2v) is 26.5. The molecule has 5 aliphatic carbocycles. The molecule has 1 amide bonds. The van der Waals surface area contributed by atoms with Gasteiger partial charge in [-0.25, -0.2) is 29.7 Å². The number of carbonyl (C=O) groups is 6. The van der Waals surface area contributed by atoms with E-state index in [0.29, 0.717) is 43.5 Å². The van der Waals surface area contributed by atoms with E-state index in [0.717, 1.165) is 112 Å². The van der Waals surface area contributed by atoms with E-state index in [1.54, 1.807) is 50.0 Å². The Labute approximate surface area is 600 Å². The van der Waals surface area contributed by atoms with Gasteiger partial charge in [-0.3, -0.25) is 39.4 Å². The molecule has 532 valence electrons. The number of nitrogens with two attached hydrogens (primary N) is 1. The molecule has 3 N–H and O–H groups in total. The number of nitrogens with zero attached hydrogens (tertiary/aromatic N) is 14. The Morgan fingerprint density at radius 3 is 1.48 bits per heavy atom. The van der Waals surface area contributed by atoms with E-state index in [4.69, 9.17) is 78.0 Å². The number of carbonyl (C=O) groups excluding carboxylic acids is 6. The fourth-order valence-electron chi connectivity index (χ4n) is 12.4. The molecular formula is C61H86Cl6FeN16O12. The van der Waals surface area contributed by atoms with Crippen LogP contribution in [0.25, 0.3) is 0 Å². The monoisotopic (exact) mass is 1500 g/mol. The van der Waals surface area contributed by atoms with Crippen molar-refractivity contribution in [2.75, 3.05) is 39.9 Å². The summed E-state index contributed by atoms with van der Waals surface area (Å²) in [5.74, 6) is 1.81. The second-order valence-electron chi connectivity index (χ2n) is 24.8. The largest absolute Gasteiger partial charge is 0.465 e. The summed E-state index contributed by atoms with van der Waals surface area (Å²) in [6.07, 6.45) is 19.4. The molecule has 11 rings (SSSR count). The molecule has 0 radical (unpaired) electrons. The van der Waals surface area contributed by atoms with Crippen LogP contribution in [0, 0.1) is 20.2 Å². The zero-order valence-corrected chi connectivity index (χ0v) is 61.6. The molecule has 4 aromatic heterocycles. The number of likely N-dealkylation sites (N-methyl/N-ethyl adjacent to an activating group) is 1. The van der Waals surface area contributed by atoms with E-state index in [9.17, 15) is 44.2 Å². The van der Waals surface area contributed by atoms with E-state index < -0.39 is 26.5 Å². The fourth-order valence-corrected chi connectivity index (χ4v) is 13.2. The number of hydrogen-bond acceptors (Lipinski definition) is 25. The number of amides is 1. The zero-order chi connectivity index (χ0) is 70.4. The third-order valence-electron chi connectivity index (χ3n) is 17.5. The van der Waals surface area contributed by atoms with Crippen molar-refractivity contribution in [2.24, 2.45) is 5.73 Å². The van der Waals surface area contributed by atoms with Gasteiger partial charge in [-0.2, -0.15) is 15.0 Å².